The van der Waals surface area contributed by atoms with Gasteiger partial charge in [0, 0.05) is 0 Å². The molecular weight excluding hydrogens is 247 g/mol. The Morgan fingerprint density at radius 3 is 2.67 bits per heavy atom. The molecule has 0 saturated heterocycles. The van der Waals surface area contributed by atoms with E-state index in [2.05, 4.69) is 11.8 Å². The Bertz CT molecular complexity index is 420. The van der Waals surface area contributed by atoms with Gasteiger partial charge < -0.3 is 5.73 Å². The third kappa shape index (κ3) is 3.75. The van der Waals surface area contributed by atoms with Gasteiger partial charge in [-0.25, -0.2) is 4.39 Å². The lowest BCUT2D eigenvalue weighted by Crippen LogP contribution is -2.34. The molecule has 1 aromatic carbocycles. The van der Waals surface area contributed by atoms with Crippen LogP contribution in [0.4, 0.5) is 4.39 Å². The SMILES string of the molecule is CCCCN(C)C(C(N)=S)c1ccc(F)c(C)c1. The van der Waals surface area contributed by atoms with Gasteiger partial charge in [0.05, 0.1) is 11.0 Å². The van der Waals surface area contributed by atoms with E-state index in [1.54, 1.807) is 13.0 Å². The van der Waals surface area contributed by atoms with Gasteiger partial charge in [-0.3, -0.25) is 4.90 Å². The molecule has 0 heterocycles. The molecule has 0 spiro atoms. The van der Waals surface area contributed by atoms with Gasteiger partial charge in [-0.15, -0.1) is 0 Å². The molecule has 0 aliphatic rings. The molecule has 1 aromatic rings. The second kappa shape index (κ2) is 6.81. The van der Waals surface area contributed by atoms with Crippen molar-refractivity contribution >= 4 is 17.2 Å². The maximum Gasteiger partial charge on any atom is 0.126 e. The van der Waals surface area contributed by atoms with E-state index in [1.807, 2.05) is 13.1 Å². The van der Waals surface area contributed by atoms with E-state index >= 15 is 0 Å². The predicted molar refractivity (Wildman–Crippen MR) is 78.2 cm³/mol. The van der Waals surface area contributed by atoms with E-state index < -0.39 is 0 Å². The quantitative estimate of drug-likeness (QED) is 0.803. The first-order valence-electron chi connectivity index (χ1n) is 6.23. The van der Waals surface area contributed by atoms with Crippen LogP contribution in [0.15, 0.2) is 18.2 Å². The molecule has 1 atom stereocenters. The summed E-state index contributed by atoms with van der Waals surface area (Å²) in [7, 11) is 2.00. The highest BCUT2D eigenvalue weighted by atomic mass is 32.1. The van der Waals surface area contributed by atoms with E-state index in [-0.39, 0.29) is 11.9 Å². The van der Waals surface area contributed by atoms with Crippen LogP contribution in [0.3, 0.4) is 0 Å². The summed E-state index contributed by atoms with van der Waals surface area (Å²) in [5.41, 5.74) is 7.41. The molecule has 2 N–H and O–H groups in total. The molecule has 0 saturated carbocycles. The van der Waals surface area contributed by atoms with E-state index in [0.717, 1.165) is 24.9 Å². The lowest BCUT2D eigenvalue weighted by molar-refractivity contribution is 0.296. The Labute approximate surface area is 114 Å². The van der Waals surface area contributed by atoms with Crippen molar-refractivity contribution in [1.29, 1.82) is 0 Å². The van der Waals surface area contributed by atoms with Gasteiger partial charge in [-0.1, -0.05) is 37.7 Å². The van der Waals surface area contributed by atoms with Gasteiger partial charge in [0.2, 0.25) is 0 Å². The minimum Gasteiger partial charge on any atom is -0.392 e. The van der Waals surface area contributed by atoms with Crippen LogP contribution in [0.1, 0.15) is 36.9 Å². The van der Waals surface area contributed by atoms with Crippen molar-refractivity contribution in [3.63, 3.8) is 0 Å². The fraction of sp³-hybridized carbons (Fsp3) is 0.500. The summed E-state index contributed by atoms with van der Waals surface area (Å²) in [4.78, 5) is 2.55. The molecule has 0 bridgehead atoms. The van der Waals surface area contributed by atoms with Gasteiger partial charge in [-0.2, -0.15) is 0 Å². The number of halogens is 1. The third-order valence-electron chi connectivity index (χ3n) is 3.07. The van der Waals surface area contributed by atoms with Crippen molar-refractivity contribution in [1.82, 2.24) is 4.90 Å². The van der Waals surface area contributed by atoms with Crippen molar-refractivity contribution in [2.24, 2.45) is 5.73 Å². The average Bonchev–Trinajstić information content (AvgIpc) is 2.31. The number of aryl methyl sites for hydroxylation is 1. The normalized spacial score (nSPS) is 12.7. The molecule has 0 aliphatic carbocycles. The van der Waals surface area contributed by atoms with Crippen LogP contribution in [0, 0.1) is 12.7 Å². The molecule has 0 aromatic heterocycles. The Morgan fingerprint density at radius 2 is 2.17 bits per heavy atom. The second-order valence-corrected chi connectivity index (χ2v) is 5.12. The van der Waals surface area contributed by atoms with Crippen molar-refractivity contribution in [2.45, 2.75) is 32.7 Å². The average molecular weight is 268 g/mol. The number of rotatable bonds is 6. The van der Waals surface area contributed by atoms with Gasteiger partial charge >= 0.3 is 0 Å². The second-order valence-electron chi connectivity index (χ2n) is 4.65. The minimum absolute atomic E-state index is 0.120. The van der Waals surface area contributed by atoms with E-state index in [1.165, 1.54) is 6.07 Å². The first-order chi connectivity index (χ1) is 8.47. The zero-order chi connectivity index (χ0) is 13.7. The number of nitrogens with zero attached hydrogens (tertiary/aromatic N) is 1. The summed E-state index contributed by atoms with van der Waals surface area (Å²) in [6, 6.07) is 4.94. The molecule has 4 heteroatoms. The number of unbranched alkanes of at least 4 members (excludes halogenated alkanes) is 1. The lowest BCUT2D eigenvalue weighted by atomic mass is 10.0. The fourth-order valence-electron chi connectivity index (χ4n) is 2.01. The molecule has 0 fully saturated rings. The molecular formula is C14H21FN2S. The Hall–Kier alpha value is -1.00. The molecule has 1 unspecified atom stereocenters. The molecule has 100 valence electrons. The largest absolute Gasteiger partial charge is 0.392 e. The van der Waals surface area contributed by atoms with Gasteiger partial charge in [0.15, 0.2) is 0 Å². The summed E-state index contributed by atoms with van der Waals surface area (Å²) >= 11 is 5.14. The first kappa shape index (κ1) is 15.1. The summed E-state index contributed by atoms with van der Waals surface area (Å²) in [6.07, 6.45) is 2.21. The highest BCUT2D eigenvalue weighted by Crippen LogP contribution is 2.22. The zero-order valence-corrected chi connectivity index (χ0v) is 12.1. The zero-order valence-electron chi connectivity index (χ0n) is 11.2. The van der Waals surface area contributed by atoms with Crippen molar-refractivity contribution in [3.05, 3.63) is 35.1 Å². The Morgan fingerprint density at radius 1 is 1.50 bits per heavy atom. The standard InChI is InChI=1S/C14H21FN2S/c1-4-5-8-17(3)13(14(16)18)11-6-7-12(15)10(2)9-11/h6-7,9,13H,4-5,8H2,1-3H3,(H2,16,18). The van der Waals surface area contributed by atoms with E-state index in [4.69, 9.17) is 18.0 Å². The monoisotopic (exact) mass is 268 g/mol. The van der Waals surface area contributed by atoms with Crippen LogP contribution in [-0.4, -0.2) is 23.5 Å². The van der Waals surface area contributed by atoms with Crippen molar-refractivity contribution < 1.29 is 4.39 Å². The highest BCUT2D eigenvalue weighted by molar-refractivity contribution is 7.80. The maximum atomic E-state index is 13.3. The molecule has 18 heavy (non-hydrogen) atoms. The molecule has 0 radical (unpaired) electrons. The smallest absolute Gasteiger partial charge is 0.126 e. The number of nitrogens with two attached hydrogens (primary N) is 1. The number of likely N-dealkylation sites (N-methyl/N-ethyl adjacent to an activating group) is 1. The van der Waals surface area contributed by atoms with Gasteiger partial charge in [-0.05, 0) is 44.1 Å². The third-order valence-corrected chi connectivity index (χ3v) is 3.30. The molecule has 1 rings (SSSR count). The summed E-state index contributed by atoms with van der Waals surface area (Å²) < 4.78 is 13.3. The number of hydrogen-bond acceptors (Lipinski definition) is 2. The Kier molecular flexibility index (Phi) is 5.69. The lowest BCUT2D eigenvalue weighted by Gasteiger charge is -2.27. The summed E-state index contributed by atoms with van der Waals surface area (Å²) in [5, 5.41) is 0. The van der Waals surface area contributed by atoms with Crippen LogP contribution in [0.2, 0.25) is 0 Å². The van der Waals surface area contributed by atoms with Crippen LogP contribution >= 0.6 is 12.2 Å². The molecule has 2 nitrogen and oxygen atoms in total. The molecule has 0 aliphatic heterocycles. The Balaban J connectivity index is 2.97. The van der Waals surface area contributed by atoms with Crippen molar-refractivity contribution in [3.8, 4) is 0 Å². The van der Waals surface area contributed by atoms with Crippen LogP contribution in [0.25, 0.3) is 0 Å². The molecule has 0 amide bonds. The maximum absolute atomic E-state index is 13.3. The van der Waals surface area contributed by atoms with Gasteiger partial charge in [0.25, 0.3) is 0 Å². The fourth-order valence-corrected chi connectivity index (χ4v) is 2.33. The number of benzene rings is 1. The van der Waals surface area contributed by atoms with Crippen LogP contribution in [-0.2, 0) is 0 Å². The number of thiocarbonyl (C=S) groups is 1. The summed E-state index contributed by atoms with van der Waals surface area (Å²) in [5.74, 6) is -0.198. The topological polar surface area (TPSA) is 29.3 Å². The van der Waals surface area contributed by atoms with E-state index in [9.17, 15) is 4.39 Å². The summed E-state index contributed by atoms with van der Waals surface area (Å²) in [6.45, 7) is 4.82. The minimum atomic E-state index is -0.198. The first-order valence-corrected chi connectivity index (χ1v) is 6.63. The van der Waals surface area contributed by atoms with Gasteiger partial charge in [0.1, 0.15) is 5.82 Å². The predicted octanol–water partition coefficient (Wildman–Crippen LogP) is 3.19. The number of hydrogen-bond donors (Lipinski definition) is 1. The van der Waals surface area contributed by atoms with E-state index in [0.29, 0.717) is 10.6 Å². The van der Waals surface area contributed by atoms with Crippen LogP contribution < -0.4 is 5.73 Å². The van der Waals surface area contributed by atoms with Crippen LogP contribution in [0.5, 0.6) is 0 Å². The van der Waals surface area contributed by atoms with Crippen molar-refractivity contribution in [2.75, 3.05) is 13.6 Å². The highest BCUT2D eigenvalue weighted by Gasteiger charge is 2.20.